The third-order valence-corrected chi connectivity index (χ3v) is 4.70. The predicted molar refractivity (Wildman–Crippen MR) is 98.3 cm³/mol. The highest BCUT2D eigenvalue weighted by molar-refractivity contribution is 5.73. The van der Waals surface area contributed by atoms with Crippen LogP contribution in [0.1, 0.15) is 39.0 Å². The van der Waals surface area contributed by atoms with Crippen molar-refractivity contribution >= 4 is 11.7 Å². The number of carbonyl (C=O) groups is 1. The third kappa shape index (κ3) is 6.40. The lowest BCUT2D eigenvalue weighted by Gasteiger charge is -2.26. The number of nitrogens with one attached hydrogen (secondary N) is 2. The van der Waals surface area contributed by atoms with E-state index in [0.717, 1.165) is 45.2 Å². The molecule has 0 aliphatic heterocycles. The van der Waals surface area contributed by atoms with Crippen LogP contribution >= 0.6 is 0 Å². The quantitative estimate of drug-likeness (QED) is 0.641. The van der Waals surface area contributed by atoms with Crippen LogP contribution in [0.5, 0.6) is 0 Å². The summed E-state index contributed by atoms with van der Waals surface area (Å²) >= 11 is 0. The molecule has 0 spiro atoms. The van der Waals surface area contributed by atoms with Crippen LogP contribution in [0.15, 0.2) is 30.3 Å². The molecule has 1 aliphatic rings. The van der Waals surface area contributed by atoms with Crippen LogP contribution < -0.4 is 15.5 Å². The van der Waals surface area contributed by atoms with E-state index < -0.39 is 0 Å². The zero-order chi connectivity index (χ0) is 17.2. The van der Waals surface area contributed by atoms with E-state index in [0.29, 0.717) is 19.0 Å². The highest BCUT2D eigenvalue weighted by atomic mass is 16.3. The van der Waals surface area contributed by atoms with Gasteiger partial charge < -0.3 is 20.6 Å². The second kappa shape index (κ2) is 10.2. The van der Waals surface area contributed by atoms with Crippen molar-refractivity contribution in [1.29, 1.82) is 0 Å². The standard InChI is InChI=1S/C19H31N3O2/c1-2-22(17-9-4-3-5-10-17)13-7-12-20-19(24)21-15-16-8-6-11-18(23)14-16/h3-5,9-10,16,18,23H,2,6-8,11-15H2,1H3,(H2,20,21,24). The smallest absolute Gasteiger partial charge is 0.314 e. The van der Waals surface area contributed by atoms with Gasteiger partial charge in [0.05, 0.1) is 6.10 Å². The molecule has 5 heteroatoms. The molecule has 0 saturated heterocycles. The van der Waals surface area contributed by atoms with Gasteiger partial charge in [-0.05, 0) is 50.7 Å². The molecule has 1 aromatic rings. The SMILES string of the molecule is CCN(CCCNC(=O)NCC1CCCC(O)C1)c1ccccc1. The number of rotatable bonds is 8. The third-order valence-electron chi connectivity index (χ3n) is 4.70. The Morgan fingerprint density at radius 2 is 2.04 bits per heavy atom. The van der Waals surface area contributed by atoms with Crippen LogP contribution in [0.3, 0.4) is 0 Å². The molecular formula is C19H31N3O2. The van der Waals surface area contributed by atoms with Gasteiger partial charge in [0.25, 0.3) is 0 Å². The number of hydrogen-bond acceptors (Lipinski definition) is 3. The molecule has 1 aromatic carbocycles. The Balaban J connectivity index is 1.58. The van der Waals surface area contributed by atoms with Crippen LogP contribution in [-0.4, -0.2) is 43.4 Å². The van der Waals surface area contributed by atoms with Crippen molar-refractivity contribution in [3.8, 4) is 0 Å². The fraction of sp³-hybridized carbons (Fsp3) is 0.632. The van der Waals surface area contributed by atoms with Crippen LogP contribution in [0, 0.1) is 5.92 Å². The van der Waals surface area contributed by atoms with Gasteiger partial charge in [-0.25, -0.2) is 4.79 Å². The van der Waals surface area contributed by atoms with Gasteiger partial charge in [-0.3, -0.25) is 0 Å². The highest BCUT2D eigenvalue weighted by Gasteiger charge is 2.20. The highest BCUT2D eigenvalue weighted by Crippen LogP contribution is 2.23. The molecule has 0 heterocycles. The summed E-state index contributed by atoms with van der Waals surface area (Å²) in [6.45, 7) is 5.36. The Morgan fingerprint density at radius 3 is 2.75 bits per heavy atom. The minimum atomic E-state index is -0.188. The molecule has 134 valence electrons. The Bertz CT molecular complexity index is 481. The number of para-hydroxylation sites is 1. The second-order valence-corrected chi connectivity index (χ2v) is 6.59. The van der Waals surface area contributed by atoms with Gasteiger partial charge in [0, 0.05) is 31.9 Å². The summed E-state index contributed by atoms with van der Waals surface area (Å²) in [5.74, 6) is 0.410. The number of nitrogens with zero attached hydrogens (tertiary/aromatic N) is 1. The topological polar surface area (TPSA) is 64.6 Å². The summed E-state index contributed by atoms with van der Waals surface area (Å²) in [6, 6.07) is 10.2. The first-order valence-corrected chi connectivity index (χ1v) is 9.18. The maximum Gasteiger partial charge on any atom is 0.314 e. The molecule has 0 radical (unpaired) electrons. The number of anilines is 1. The average molecular weight is 333 g/mol. The van der Waals surface area contributed by atoms with Crippen LogP contribution in [0.25, 0.3) is 0 Å². The fourth-order valence-electron chi connectivity index (χ4n) is 3.33. The predicted octanol–water partition coefficient (Wildman–Crippen LogP) is 2.75. The molecule has 3 N–H and O–H groups in total. The molecule has 2 amide bonds. The minimum Gasteiger partial charge on any atom is -0.393 e. The lowest BCUT2D eigenvalue weighted by molar-refractivity contribution is 0.101. The molecule has 1 aliphatic carbocycles. The molecule has 2 atom stereocenters. The molecule has 2 rings (SSSR count). The van der Waals surface area contributed by atoms with Gasteiger partial charge >= 0.3 is 6.03 Å². The number of hydrogen-bond donors (Lipinski definition) is 3. The van der Waals surface area contributed by atoms with Crippen LogP contribution in [0.4, 0.5) is 10.5 Å². The normalized spacial score (nSPS) is 20.4. The minimum absolute atomic E-state index is 0.0992. The summed E-state index contributed by atoms with van der Waals surface area (Å²) in [5, 5.41) is 15.5. The number of benzene rings is 1. The molecular weight excluding hydrogens is 302 g/mol. The molecule has 0 bridgehead atoms. The number of amides is 2. The molecule has 24 heavy (non-hydrogen) atoms. The van der Waals surface area contributed by atoms with Crippen molar-refractivity contribution in [1.82, 2.24) is 10.6 Å². The largest absolute Gasteiger partial charge is 0.393 e. The molecule has 5 nitrogen and oxygen atoms in total. The maximum atomic E-state index is 11.9. The Morgan fingerprint density at radius 1 is 1.25 bits per heavy atom. The first-order chi connectivity index (χ1) is 11.7. The fourth-order valence-corrected chi connectivity index (χ4v) is 3.33. The van der Waals surface area contributed by atoms with Gasteiger partial charge in [-0.2, -0.15) is 0 Å². The Hall–Kier alpha value is -1.75. The second-order valence-electron chi connectivity index (χ2n) is 6.59. The number of urea groups is 1. The van der Waals surface area contributed by atoms with Crippen molar-refractivity contribution in [3.05, 3.63) is 30.3 Å². The van der Waals surface area contributed by atoms with E-state index in [4.69, 9.17) is 0 Å². The summed E-state index contributed by atoms with van der Waals surface area (Å²) < 4.78 is 0. The van der Waals surface area contributed by atoms with Crippen molar-refractivity contribution in [2.75, 3.05) is 31.1 Å². The van der Waals surface area contributed by atoms with E-state index in [9.17, 15) is 9.90 Å². The van der Waals surface area contributed by atoms with Gasteiger partial charge in [0.15, 0.2) is 0 Å². The van der Waals surface area contributed by atoms with Gasteiger partial charge in [-0.15, -0.1) is 0 Å². The summed E-state index contributed by atoms with van der Waals surface area (Å²) in [7, 11) is 0. The molecule has 1 fully saturated rings. The lowest BCUT2D eigenvalue weighted by Crippen LogP contribution is -2.40. The van der Waals surface area contributed by atoms with Gasteiger partial charge in [-0.1, -0.05) is 24.6 Å². The number of aliphatic hydroxyl groups is 1. The molecule has 0 aromatic heterocycles. The first-order valence-electron chi connectivity index (χ1n) is 9.18. The van der Waals surface area contributed by atoms with Crippen molar-refractivity contribution in [2.45, 2.75) is 45.1 Å². The average Bonchev–Trinajstić information content (AvgIpc) is 2.61. The van der Waals surface area contributed by atoms with E-state index in [1.807, 2.05) is 18.2 Å². The Kier molecular flexibility index (Phi) is 7.89. The van der Waals surface area contributed by atoms with Gasteiger partial charge in [0.2, 0.25) is 0 Å². The number of aliphatic hydroxyl groups excluding tert-OH is 1. The summed E-state index contributed by atoms with van der Waals surface area (Å²) in [4.78, 5) is 14.2. The van der Waals surface area contributed by atoms with Crippen molar-refractivity contribution in [3.63, 3.8) is 0 Å². The summed E-state index contributed by atoms with van der Waals surface area (Å²) in [6.07, 6.45) is 4.59. The zero-order valence-corrected chi connectivity index (χ0v) is 14.7. The van der Waals surface area contributed by atoms with Crippen LogP contribution in [-0.2, 0) is 0 Å². The first kappa shape index (κ1) is 18.6. The van der Waals surface area contributed by atoms with Gasteiger partial charge in [0.1, 0.15) is 0 Å². The van der Waals surface area contributed by atoms with E-state index in [2.05, 4.69) is 34.6 Å². The molecule has 1 saturated carbocycles. The van der Waals surface area contributed by atoms with E-state index in [1.54, 1.807) is 0 Å². The van der Waals surface area contributed by atoms with Crippen LogP contribution in [0.2, 0.25) is 0 Å². The monoisotopic (exact) mass is 333 g/mol. The van der Waals surface area contributed by atoms with Crippen molar-refractivity contribution in [2.24, 2.45) is 5.92 Å². The van der Waals surface area contributed by atoms with E-state index >= 15 is 0 Å². The van der Waals surface area contributed by atoms with Crippen molar-refractivity contribution < 1.29 is 9.90 Å². The summed E-state index contributed by atoms with van der Waals surface area (Å²) in [5.41, 5.74) is 1.22. The molecule has 2 unspecified atom stereocenters. The Labute approximate surface area is 145 Å². The zero-order valence-electron chi connectivity index (χ0n) is 14.7. The lowest BCUT2D eigenvalue weighted by atomic mass is 9.87. The number of carbonyl (C=O) groups excluding carboxylic acids is 1. The van der Waals surface area contributed by atoms with E-state index in [-0.39, 0.29) is 12.1 Å². The van der Waals surface area contributed by atoms with E-state index in [1.165, 1.54) is 5.69 Å². The maximum absolute atomic E-state index is 11.9.